The highest BCUT2D eigenvalue weighted by Crippen LogP contribution is 2.33. The van der Waals surface area contributed by atoms with Crippen molar-refractivity contribution in [3.05, 3.63) is 70.1 Å². The fourth-order valence-electron chi connectivity index (χ4n) is 3.30. The first-order chi connectivity index (χ1) is 12.2. The van der Waals surface area contributed by atoms with Gasteiger partial charge in [0.05, 0.1) is 10.5 Å². The molecular weight excluding hydrogens is 334 g/mol. The van der Waals surface area contributed by atoms with Crippen molar-refractivity contribution in [1.82, 2.24) is 15.3 Å². The molecule has 126 valence electrons. The van der Waals surface area contributed by atoms with Gasteiger partial charge in [-0.3, -0.25) is 14.8 Å². The fraction of sp³-hybridized carbons (Fsp3) is 0.250. The van der Waals surface area contributed by atoms with Crippen LogP contribution in [0.25, 0.3) is 10.9 Å². The second-order valence-electron chi connectivity index (χ2n) is 6.33. The molecule has 25 heavy (non-hydrogen) atoms. The molecule has 0 radical (unpaired) electrons. The molecule has 0 atom stereocenters. The Hall–Kier alpha value is -2.46. The van der Waals surface area contributed by atoms with Crippen molar-refractivity contribution >= 4 is 28.4 Å². The molecule has 4 rings (SSSR count). The largest absolute Gasteiger partial charge is 0.348 e. The van der Waals surface area contributed by atoms with E-state index in [9.17, 15) is 4.79 Å². The summed E-state index contributed by atoms with van der Waals surface area (Å²) in [6, 6.07) is 9.32. The maximum Gasteiger partial charge on any atom is 0.251 e. The van der Waals surface area contributed by atoms with Crippen molar-refractivity contribution in [3.63, 3.8) is 0 Å². The number of hydrogen-bond donors (Lipinski definition) is 1. The molecule has 1 aliphatic carbocycles. The van der Waals surface area contributed by atoms with Gasteiger partial charge < -0.3 is 5.32 Å². The van der Waals surface area contributed by atoms with Crippen molar-refractivity contribution < 1.29 is 4.79 Å². The summed E-state index contributed by atoms with van der Waals surface area (Å²) in [5.74, 6) is -0.124. The number of hydrogen-bond acceptors (Lipinski definition) is 3. The van der Waals surface area contributed by atoms with Gasteiger partial charge in [0.2, 0.25) is 0 Å². The van der Waals surface area contributed by atoms with E-state index in [-0.39, 0.29) is 5.91 Å². The van der Waals surface area contributed by atoms with Crippen LogP contribution in [0.15, 0.2) is 42.7 Å². The highest BCUT2D eigenvalue weighted by molar-refractivity contribution is 6.36. The van der Waals surface area contributed by atoms with E-state index in [2.05, 4.69) is 10.3 Å². The molecule has 0 aliphatic heterocycles. The highest BCUT2D eigenvalue weighted by atomic mass is 35.5. The van der Waals surface area contributed by atoms with E-state index < -0.39 is 0 Å². The van der Waals surface area contributed by atoms with Gasteiger partial charge in [0, 0.05) is 35.6 Å². The number of benzene rings is 1. The Morgan fingerprint density at radius 3 is 2.92 bits per heavy atom. The Bertz CT molecular complexity index is 941. The van der Waals surface area contributed by atoms with Crippen LogP contribution in [0.3, 0.4) is 0 Å². The smallest absolute Gasteiger partial charge is 0.251 e. The summed E-state index contributed by atoms with van der Waals surface area (Å²) < 4.78 is 0. The van der Waals surface area contributed by atoms with E-state index in [0.29, 0.717) is 12.1 Å². The lowest BCUT2D eigenvalue weighted by Gasteiger charge is -2.18. The topological polar surface area (TPSA) is 54.9 Å². The zero-order valence-electron chi connectivity index (χ0n) is 13.8. The second kappa shape index (κ2) is 6.81. The van der Waals surface area contributed by atoms with Gasteiger partial charge in [-0.15, -0.1) is 0 Å². The summed E-state index contributed by atoms with van der Waals surface area (Å²) in [6.45, 7) is 0.448. The molecule has 1 aromatic carbocycles. The van der Waals surface area contributed by atoms with Gasteiger partial charge in [0.15, 0.2) is 0 Å². The standard InChI is InChI=1S/C20H18ClN3O/c21-19-15-5-1-2-6-17(15)24-18-10-14(7-8-16(18)19)20(25)23-12-13-4-3-9-22-11-13/h3-4,7-11H,1-2,5-6,12H2,(H,23,25). The first-order valence-corrected chi connectivity index (χ1v) is 8.88. The summed E-state index contributed by atoms with van der Waals surface area (Å²) >= 11 is 6.59. The molecule has 0 bridgehead atoms. The van der Waals surface area contributed by atoms with Gasteiger partial charge in [-0.05, 0) is 55.0 Å². The van der Waals surface area contributed by atoms with Crippen LogP contribution in [-0.2, 0) is 19.4 Å². The number of nitrogens with one attached hydrogen (secondary N) is 1. The van der Waals surface area contributed by atoms with Gasteiger partial charge in [-0.25, -0.2) is 0 Å². The number of pyridine rings is 2. The molecule has 1 aliphatic rings. The summed E-state index contributed by atoms with van der Waals surface area (Å²) in [5, 5.41) is 4.63. The van der Waals surface area contributed by atoms with Crippen LogP contribution in [0.4, 0.5) is 0 Å². The third-order valence-corrected chi connectivity index (χ3v) is 5.06. The van der Waals surface area contributed by atoms with Gasteiger partial charge in [0.1, 0.15) is 0 Å². The number of aromatic nitrogens is 2. The van der Waals surface area contributed by atoms with Crippen LogP contribution in [0, 0.1) is 0 Å². The average Bonchev–Trinajstić information content (AvgIpc) is 2.67. The number of aryl methyl sites for hydroxylation is 1. The Morgan fingerprint density at radius 1 is 1.20 bits per heavy atom. The zero-order valence-corrected chi connectivity index (χ0v) is 14.5. The first kappa shape index (κ1) is 16.0. The van der Waals surface area contributed by atoms with Crippen LogP contribution >= 0.6 is 11.6 Å². The lowest BCUT2D eigenvalue weighted by molar-refractivity contribution is 0.0951. The van der Waals surface area contributed by atoms with E-state index >= 15 is 0 Å². The molecule has 0 unspecified atom stereocenters. The normalized spacial score (nSPS) is 13.5. The van der Waals surface area contributed by atoms with Gasteiger partial charge in [-0.2, -0.15) is 0 Å². The molecule has 1 N–H and O–H groups in total. The molecule has 4 nitrogen and oxygen atoms in total. The quantitative estimate of drug-likeness (QED) is 0.773. The summed E-state index contributed by atoms with van der Waals surface area (Å²) in [5.41, 5.74) is 4.60. The van der Waals surface area contributed by atoms with Crippen molar-refractivity contribution in [1.29, 1.82) is 0 Å². The summed E-state index contributed by atoms with van der Waals surface area (Å²) in [6.07, 6.45) is 7.72. The van der Waals surface area contributed by atoms with Crippen molar-refractivity contribution in [2.75, 3.05) is 0 Å². The van der Waals surface area contributed by atoms with Crippen molar-refractivity contribution in [2.24, 2.45) is 0 Å². The number of halogens is 1. The molecule has 2 aromatic heterocycles. The van der Waals surface area contributed by atoms with Gasteiger partial charge in [0.25, 0.3) is 5.91 Å². The Morgan fingerprint density at radius 2 is 2.08 bits per heavy atom. The van der Waals surface area contributed by atoms with E-state index in [1.807, 2.05) is 30.3 Å². The monoisotopic (exact) mass is 351 g/mol. The lowest BCUT2D eigenvalue weighted by Crippen LogP contribution is -2.22. The summed E-state index contributed by atoms with van der Waals surface area (Å²) in [7, 11) is 0. The van der Waals surface area contributed by atoms with E-state index in [4.69, 9.17) is 16.6 Å². The fourth-order valence-corrected chi connectivity index (χ4v) is 3.66. The van der Waals surface area contributed by atoms with E-state index in [0.717, 1.165) is 52.9 Å². The van der Waals surface area contributed by atoms with E-state index in [1.54, 1.807) is 12.4 Å². The molecule has 0 fully saturated rings. The number of amides is 1. The minimum atomic E-state index is -0.124. The van der Waals surface area contributed by atoms with E-state index in [1.165, 1.54) is 5.56 Å². The van der Waals surface area contributed by atoms with Crippen LogP contribution in [0.5, 0.6) is 0 Å². The molecule has 1 amide bonds. The molecular formula is C20H18ClN3O. The molecule has 0 saturated carbocycles. The van der Waals surface area contributed by atoms with Gasteiger partial charge >= 0.3 is 0 Å². The van der Waals surface area contributed by atoms with Crippen LogP contribution in [-0.4, -0.2) is 15.9 Å². The van der Waals surface area contributed by atoms with Crippen LogP contribution in [0.2, 0.25) is 5.02 Å². The number of rotatable bonds is 3. The molecule has 0 spiro atoms. The number of nitrogens with zero attached hydrogens (tertiary/aromatic N) is 2. The van der Waals surface area contributed by atoms with Crippen LogP contribution < -0.4 is 5.32 Å². The maximum absolute atomic E-state index is 12.4. The number of carbonyl (C=O) groups excluding carboxylic acids is 1. The Labute approximate surface area is 151 Å². The first-order valence-electron chi connectivity index (χ1n) is 8.50. The number of carbonyl (C=O) groups is 1. The Kier molecular flexibility index (Phi) is 4.36. The second-order valence-corrected chi connectivity index (χ2v) is 6.71. The van der Waals surface area contributed by atoms with Crippen molar-refractivity contribution in [2.45, 2.75) is 32.2 Å². The van der Waals surface area contributed by atoms with Gasteiger partial charge in [-0.1, -0.05) is 23.7 Å². The lowest BCUT2D eigenvalue weighted by atomic mass is 9.94. The van der Waals surface area contributed by atoms with Crippen LogP contribution in [0.1, 0.15) is 40.0 Å². The Balaban J connectivity index is 1.61. The molecule has 5 heteroatoms. The number of fused-ring (bicyclic) bond motifs is 2. The SMILES string of the molecule is O=C(NCc1cccnc1)c1ccc2c(Cl)c3c(nc2c1)CCCC3. The zero-order chi connectivity index (χ0) is 17.2. The third kappa shape index (κ3) is 3.22. The molecule has 2 heterocycles. The predicted octanol–water partition coefficient (Wildman–Crippen LogP) is 4.09. The minimum Gasteiger partial charge on any atom is -0.348 e. The predicted molar refractivity (Wildman–Crippen MR) is 98.8 cm³/mol. The minimum absolute atomic E-state index is 0.124. The maximum atomic E-state index is 12.4. The third-order valence-electron chi connectivity index (χ3n) is 4.63. The van der Waals surface area contributed by atoms with Crippen molar-refractivity contribution in [3.8, 4) is 0 Å². The average molecular weight is 352 g/mol. The summed E-state index contributed by atoms with van der Waals surface area (Å²) in [4.78, 5) is 21.3. The highest BCUT2D eigenvalue weighted by Gasteiger charge is 2.18. The molecule has 0 saturated heterocycles. The molecule has 3 aromatic rings.